The summed E-state index contributed by atoms with van der Waals surface area (Å²) in [7, 11) is 0. The Morgan fingerprint density at radius 2 is 0.896 bits per heavy atom. The molecule has 328 valence electrons. The molecule has 0 radical (unpaired) electrons. The van der Waals surface area contributed by atoms with Crippen molar-refractivity contribution in [1.82, 2.24) is 0 Å². The van der Waals surface area contributed by atoms with Crippen LogP contribution in [-0.2, 0) is 10.8 Å². The topological polar surface area (TPSA) is 9.72 Å². The zero-order valence-corrected chi connectivity index (χ0v) is 39.3. The fraction of sp³-hybridized carbons (Fsp3) is 0.161. The first-order chi connectivity index (χ1) is 32.4. The number of rotatable bonds is 7. The number of nitrogens with zero attached hydrogens (tertiary/aromatic N) is 3. The predicted molar refractivity (Wildman–Crippen MR) is 284 cm³/mol. The summed E-state index contributed by atoms with van der Waals surface area (Å²) in [5.74, 6) is -0.0898. The van der Waals surface area contributed by atoms with Crippen LogP contribution in [0.1, 0.15) is 65.5 Å². The quantitative estimate of drug-likeness (QED) is 0.148. The second-order valence-corrected chi connectivity index (χ2v) is 20.3. The van der Waals surface area contributed by atoms with E-state index in [0.29, 0.717) is 12.8 Å². The minimum absolute atomic E-state index is 0.0898. The van der Waals surface area contributed by atoms with Crippen molar-refractivity contribution >= 4 is 68.6 Å². The van der Waals surface area contributed by atoms with Crippen LogP contribution < -0.4 is 31.1 Å². The van der Waals surface area contributed by atoms with E-state index in [4.69, 9.17) is 0 Å². The predicted octanol–water partition coefficient (Wildman–Crippen LogP) is 15.4. The Kier molecular flexibility index (Phi) is 10.4. The molecule has 0 saturated carbocycles. The van der Waals surface area contributed by atoms with Crippen molar-refractivity contribution in [2.45, 2.75) is 65.2 Å². The van der Waals surface area contributed by atoms with Crippen LogP contribution in [0.2, 0.25) is 0 Å². The molecular weight excluding hydrogens is 817 g/mol. The Hall–Kier alpha value is -7.37. The second kappa shape index (κ2) is 16.5. The Morgan fingerprint density at radius 3 is 1.36 bits per heavy atom. The van der Waals surface area contributed by atoms with E-state index in [0.717, 1.165) is 56.8 Å². The fourth-order valence-electron chi connectivity index (χ4n) is 10.5. The van der Waals surface area contributed by atoms with E-state index in [-0.39, 0.29) is 23.4 Å². The van der Waals surface area contributed by atoms with Gasteiger partial charge in [-0.2, -0.15) is 0 Å². The third-order valence-corrected chi connectivity index (χ3v) is 13.8. The van der Waals surface area contributed by atoms with Crippen LogP contribution in [0, 0.1) is 0 Å². The highest BCUT2D eigenvalue weighted by Gasteiger charge is 2.47. The van der Waals surface area contributed by atoms with Gasteiger partial charge in [0.15, 0.2) is 0 Å². The summed E-state index contributed by atoms with van der Waals surface area (Å²) in [6.45, 7) is 13.8. The molecule has 8 aromatic rings. The van der Waals surface area contributed by atoms with Gasteiger partial charge < -0.3 is 14.7 Å². The van der Waals surface area contributed by atoms with Gasteiger partial charge in [0.25, 0.3) is 6.71 Å². The summed E-state index contributed by atoms with van der Waals surface area (Å²) >= 11 is 0. The Bertz CT molecular complexity index is 3150. The molecule has 2 heterocycles. The van der Waals surface area contributed by atoms with Gasteiger partial charge in [-0.1, -0.05) is 169 Å². The number of hydrogen-bond acceptors (Lipinski definition) is 3. The van der Waals surface area contributed by atoms with Gasteiger partial charge in [0, 0.05) is 51.9 Å². The SMILES string of the molecule is CC(C)(C)c1cc(N2c3cccc(-c4ccccc4)c3B3c4c(-c5ccccc5)cccc4N(C4=CC=C(F)CC4)c4cc(N(c5ccccc5)c5ccccc5)cc2c43)cc(C(C)(C)C)c1. The molecule has 1 aliphatic carbocycles. The van der Waals surface area contributed by atoms with Crippen LogP contribution in [-0.4, -0.2) is 6.71 Å². The molecule has 0 atom stereocenters. The van der Waals surface area contributed by atoms with Gasteiger partial charge in [0.05, 0.1) is 5.69 Å². The number of halogens is 1. The van der Waals surface area contributed by atoms with E-state index in [1.165, 1.54) is 44.2 Å². The molecule has 0 saturated heterocycles. The van der Waals surface area contributed by atoms with E-state index in [1.807, 2.05) is 6.08 Å². The van der Waals surface area contributed by atoms with Crippen molar-refractivity contribution in [3.63, 3.8) is 0 Å². The normalized spacial score (nSPS) is 14.2. The summed E-state index contributed by atoms with van der Waals surface area (Å²) < 4.78 is 15.2. The summed E-state index contributed by atoms with van der Waals surface area (Å²) in [4.78, 5) is 7.43. The molecule has 0 amide bonds. The first-order valence-electron chi connectivity index (χ1n) is 23.7. The molecule has 67 heavy (non-hydrogen) atoms. The van der Waals surface area contributed by atoms with Gasteiger partial charge in [0.1, 0.15) is 5.83 Å². The van der Waals surface area contributed by atoms with E-state index >= 15 is 4.39 Å². The van der Waals surface area contributed by atoms with E-state index < -0.39 is 0 Å². The lowest BCUT2D eigenvalue weighted by Crippen LogP contribution is -2.62. The number of para-hydroxylation sites is 2. The van der Waals surface area contributed by atoms with Gasteiger partial charge in [0.2, 0.25) is 0 Å². The van der Waals surface area contributed by atoms with Crippen molar-refractivity contribution in [2.75, 3.05) is 14.7 Å². The molecule has 2 aliphatic heterocycles. The summed E-state index contributed by atoms with van der Waals surface area (Å²) in [5.41, 5.74) is 20.7. The second-order valence-electron chi connectivity index (χ2n) is 20.3. The average molecular weight is 872 g/mol. The highest BCUT2D eigenvalue weighted by molar-refractivity contribution is 7.01. The zero-order valence-electron chi connectivity index (χ0n) is 39.3. The number of allylic oxidation sites excluding steroid dienone is 4. The number of benzene rings is 8. The molecule has 0 unspecified atom stereocenters. The summed E-state index contributed by atoms with van der Waals surface area (Å²) in [5, 5.41) is 0. The van der Waals surface area contributed by atoms with Gasteiger partial charge in [-0.05, 0) is 140 Å². The third-order valence-electron chi connectivity index (χ3n) is 13.8. The van der Waals surface area contributed by atoms with Crippen molar-refractivity contribution < 1.29 is 4.39 Å². The lowest BCUT2D eigenvalue weighted by atomic mass is 9.32. The maximum absolute atomic E-state index is 15.2. The Balaban J connectivity index is 1.33. The summed E-state index contributed by atoms with van der Waals surface area (Å²) in [6.07, 6.45) is 4.60. The Morgan fingerprint density at radius 1 is 0.433 bits per heavy atom. The van der Waals surface area contributed by atoms with Crippen LogP contribution in [0.15, 0.2) is 212 Å². The highest BCUT2D eigenvalue weighted by atomic mass is 19.1. The Labute approximate surface area is 396 Å². The van der Waals surface area contributed by atoms with Gasteiger partial charge in [-0.15, -0.1) is 0 Å². The van der Waals surface area contributed by atoms with E-state index in [1.54, 1.807) is 6.08 Å². The molecule has 3 aliphatic rings. The van der Waals surface area contributed by atoms with Crippen molar-refractivity contribution in [3.8, 4) is 22.3 Å². The number of fused-ring (bicyclic) bond motifs is 4. The van der Waals surface area contributed by atoms with Gasteiger partial charge in [-0.3, -0.25) is 0 Å². The molecule has 0 fully saturated rings. The largest absolute Gasteiger partial charge is 0.315 e. The van der Waals surface area contributed by atoms with Gasteiger partial charge >= 0.3 is 0 Å². The molecular formula is C62H55BFN3. The van der Waals surface area contributed by atoms with Gasteiger partial charge in [-0.25, -0.2) is 4.39 Å². The molecule has 11 rings (SSSR count). The fourth-order valence-corrected chi connectivity index (χ4v) is 10.5. The maximum atomic E-state index is 15.2. The first kappa shape index (κ1) is 42.3. The lowest BCUT2D eigenvalue weighted by molar-refractivity contribution is 0.569. The third kappa shape index (κ3) is 7.47. The molecule has 0 spiro atoms. The number of anilines is 8. The van der Waals surface area contributed by atoms with E-state index in [2.05, 4.69) is 244 Å². The van der Waals surface area contributed by atoms with E-state index in [9.17, 15) is 0 Å². The zero-order chi connectivity index (χ0) is 46.0. The highest BCUT2D eigenvalue weighted by Crippen LogP contribution is 2.50. The van der Waals surface area contributed by atoms with Crippen molar-refractivity contribution in [2.24, 2.45) is 0 Å². The lowest BCUT2D eigenvalue weighted by Gasteiger charge is -2.47. The van der Waals surface area contributed by atoms with Crippen LogP contribution in [0.3, 0.4) is 0 Å². The summed E-state index contributed by atoms with van der Waals surface area (Å²) in [6, 6.07) is 69.0. The van der Waals surface area contributed by atoms with Crippen LogP contribution in [0.4, 0.5) is 49.9 Å². The minimum Gasteiger partial charge on any atom is -0.315 e. The molecule has 3 nitrogen and oxygen atoms in total. The van der Waals surface area contributed by atoms with Crippen molar-refractivity contribution in [3.05, 3.63) is 223 Å². The monoisotopic (exact) mass is 871 g/mol. The average Bonchev–Trinajstić information content (AvgIpc) is 3.34. The van der Waals surface area contributed by atoms with Crippen LogP contribution in [0.25, 0.3) is 22.3 Å². The first-order valence-corrected chi connectivity index (χ1v) is 23.7. The minimum atomic E-state index is -0.171. The molecule has 0 bridgehead atoms. The molecule has 8 aromatic carbocycles. The standard InChI is InChI=1S/C62H55BFN3/c1-61(2,3)44-37-45(62(4,5)6)39-50(38-44)67-55-32-20-30-53(43-23-13-8-14-24-43)59(55)63-58-52(42-21-11-7-12-22-42)29-19-31-54(58)66(49-35-33-46(64)34-36-49)56-40-51(41-57(67)60(56)63)65(47-25-15-9-16-26-47)48-27-17-10-18-28-48/h7-33,35,37-41H,34,36H2,1-6H3. The molecule has 5 heteroatoms. The molecule has 0 aromatic heterocycles. The van der Waals surface area contributed by atoms with Crippen LogP contribution in [0.5, 0.6) is 0 Å². The van der Waals surface area contributed by atoms with Crippen LogP contribution >= 0.6 is 0 Å². The maximum Gasteiger partial charge on any atom is 0.253 e. The van der Waals surface area contributed by atoms with Crippen molar-refractivity contribution in [1.29, 1.82) is 0 Å². The molecule has 0 N–H and O–H groups in total. The smallest absolute Gasteiger partial charge is 0.253 e. The number of hydrogen-bond donors (Lipinski definition) is 0.